The average Bonchev–Trinajstić information content (AvgIpc) is 3.12. The Bertz CT molecular complexity index is 1090. The Kier molecular flexibility index (Phi) is 4.18. The van der Waals surface area contributed by atoms with Crippen molar-refractivity contribution in [3.63, 3.8) is 0 Å². The molecule has 0 atom stereocenters. The first-order valence-corrected chi connectivity index (χ1v) is 8.53. The van der Waals surface area contributed by atoms with Crippen molar-refractivity contribution in [3.05, 3.63) is 71.0 Å². The second-order valence-corrected chi connectivity index (χ2v) is 5.85. The molecule has 4 aromatic rings. The van der Waals surface area contributed by atoms with E-state index in [2.05, 4.69) is 27.5 Å². The number of anilines is 1. The summed E-state index contributed by atoms with van der Waals surface area (Å²) in [6.07, 6.45) is 0.916. The van der Waals surface area contributed by atoms with Gasteiger partial charge < -0.3 is 5.32 Å². The third kappa shape index (κ3) is 2.73. The summed E-state index contributed by atoms with van der Waals surface area (Å²) in [7, 11) is 0. The molecule has 0 saturated heterocycles. The summed E-state index contributed by atoms with van der Waals surface area (Å²) in [4.78, 5) is 17.8. The van der Waals surface area contributed by atoms with Gasteiger partial charge in [0, 0.05) is 6.54 Å². The van der Waals surface area contributed by atoms with Gasteiger partial charge in [-0.05, 0) is 30.7 Å². The summed E-state index contributed by atoms with van der Waals surface area (Å²) in [5.74, 6) is 0.482. The highest BCUT2D eigenvalue weighted by atomic mass is 16.1. The number of nitrogens with one attached hydrogen (secondary N) is 1. The maximum absolute atomic E-state index is 13.1. The molecular weight excluding hydrogens is 328 g/mol. The van der Waals surface area contributed by atoms with E-state index in [1.165, 1.54) is 0 Å². The Balaban J connectivity index is 1.98. The van der Waals surface area contributed by atoms with Gasteiger partial charge >= 0.3 is 0 Å². The summed E-state index contributed by atoms with van der Waals surface area (Å²) in [6.45, 7) is 2.77. The largest absolute Gasteiger partial charge is 0.355 e. The van der Waals surface area contributed by atoms with E-state index in [0.29, 0.717) is 18.1 Å². The number of rotatable bonds is 5. The summed E-state index contributed by atoms with van der Waals surface area (Å²) in [6, 6.07) is 19.0. The molecule has 2 aromatic carbocycles. The highest BCUT2D eigenvalue weighted by molar-refractivity contribution is 5.73. The lowest BCUT2D eigenvalue weighted by Gasteiger charge is -2.13. The van der Waals surface area contributed by atoms with Gasteiger partial charge in [-0.15, -0.1) is 5.10 Å². The first-order chi connectivity index (χ1) is 12.8. The van der Waals surface area contributed by atoms with Crippen molar-refractivity contribution in [2.45, 2.75) is 13.3 Å². The molecule has 0 fully saturated rings. The molecule has 2 heterocycles. The van der Waals surface area contributed by atoms with Crippen LogP contribution in [0.1, 0.15) is 13.3 Å². The van der Waals surface area contributed by atoms with E-state index in [0.717, 1.165) is 17.8 Å². The lowest BCUT2D eigenvalue weighted by Crippen LogP contribution is -2.24. The smallest absolute Gasteiger partial charge is 0.289 e. The van der Waals surface area contributed by atoms with Gasteiger partial charge in [0.15, 0.2) is 11.2 Å². The van der Waals surface area contributed by atoms with E-state index in [9.17, 15) is 4.79 Å². The van der Waals surface area contributed by atoms with E-state index in [1.54, 1.807) is 9.25 Å². The number of para-hydroxylation sites is 2. The fourth-order valence-corrected chi connectivity index (χ4v) is 2.78. The van der Waals surface area contributed by atoms with Crippen molar-refractivity contribution < 1.29 is 0 Å². The number of hydrogen-bond acceptors (Lipinski definition) is 5. The Morgan fingerprint density at radius 3 is 2.27 bits per heavy atom. The summed E-state index contributed by atoms with van der Waals surface area (Å²) in [5, 5.41) is 11.5. The molecule has 130 valence electrons. The minimum Gasteiger partial charge on any atom is -0.355 e. The minimum absolute atomic E-state index is 0.236. The maximum atomic E-state index is 13.1. The van der Waals surface area contributed by atoms with Gasteiger partial charge in [-0.2, -0.15) is 9.67 Å². The Labute approximate surface area is 149 Å². The van der Waals surface area contributed by atoms with Crippen LogP contribution in [0, 0.1) is 0 Å². The molecule has 0 saturated carbocycles. The van der Waals surface area contributed by atoms with Gasteiger partial charge in [0.25, 0.3) is 5.56 Å². The molecule has 7 nitrogen and oxygen atoms in total. The molecule has 0 radical (unpaired) electrons. The van der Waals surface area contributed by atoms with Crippen molar-refractivity contribution in [1.82, 2.24) is 24.5 Å². The summed E-state index contributed by atoms with van der Waals surface area (Å²) in [5.41, 5.74) is 1.97. The molecule has 0 bridgehead atoms. The van der Waals surface area contributed by atoms with Crippen LogP contribution in [0.25, 0.3) is 22.5 Å². The van der Waals surface area contributed by atoms with Gasteiger partial charge in [-0.1, -0.05) is 48.5 Å². The molecule has 4 rings (SSSR count). The molecule has 26 heavy (non-hydrogen) atoms. The Morgan fingerprint density at radius 1 is 0.962 bits per heavy atom. The Hall–Kier alpha value is -3.48. The van der Waals surface area contributed by atoms with Crippen LogP contribution in [0.15, 0.2) is 65.5 Å². The van der Waals surface area contributed by atoms with Gasteiger partial charge in [0.1, 0.15) is 0 Å². The number of benzene rings is 2. The highest BCUT2D eigenvalue weighted by Crippen LogP contribution is 2.17. The predicted octanol–water partition coefficient (Wildman–Crippen LogP) is 2.79. The molecule has 0 unspecified atom stereocenters. The standard InChI is InChI=1S/C19H18N6O/c1-2-13-20-19-21-17-16(18(26)24(19)14-9-5-3-6-10-14)22-23-25(17)15-11-7-4-8-12-15/h3-12H,2,13H2,1H3,(H,20,21). The average molecular weight is 346 g/mol. The topological polar surface area (TPSA) is 77.6 Å². The number of aromatic nitrogens is 5. The van der Waals surface area contributed by atoms with Crippen LogP contribution in [-0.2, 0) is 0 Å². The van der Waals surface area contributed by atoms with Crippen molar-refractivity contribution >= 4 is 17.1 Å². The molecule has 0 amide bonds. The van der Waals surface area contributed by atoms with E-state index in [4.69, 9.17) is 0 Å². The van der Waals surface area contributed by atoms with Crippen LogP contribution >= 0.6 is 0 Å². The van der Waals surface area contributed by atoms with E-state index >= 15 is 0 Å². The Morgan fingerprint density at radius 2 is 1.62 bits per heavy atom. The first-order valence-electron chi connectivity index (χ1n) is 8.53. The fraction of sp³-hybridized carbons (Fsp3) is 0.158. The van der Waals surface area contributed by atoms with Crippen LogP contribution in [-0.4, -0.2) is 31.1 Å². The second kappa shape index (κ2) is 6.79. The molecule has 2 aromatic heterocycles. The van der Waals surface area contributed by atoms with Crippen LogP contribution in [0.3, 0.4) is 0 Å². The summed E-state index contributed by atoms with van der Waals surface area (Å²) >= 11 is 0. The monoisotopic (exact) mass is 346 g/mol. The molecule has 0 aliphatic rings. The predicted molar refractivity (Wildman–Crippen MR) is 101 cm³/mol. The molecular formula is C19H18N6O. The maximum Gasteiger partial charge on any atom is 0.289 e. The number of fused-ring (bicyclic) bond motifs is 1. The van der Waals surface area contributed by atoms with Gasteiger partial charge in [0.05, 0.1) is 11.4 Å². The van der Waals surface area contributed by atoms with Gasteiger partial charge in [0.2, 0.25) is 5.95 Å². The van der Waals surface area contributed by atoms with Gasteiger partial charge in [-0.3, -0.25) is 4.79 Å². The third-order valence-electron chi connectivity index (χ3n) is 4.02. The normalized spacial score (nSPS) is 11.0. The SMILES string of the molecule is CCCNc1nc2c(nnn2-c2ccccc2)c(=O)n1-c1ccccc1. The molecule has 1 N–H and O–H groups in total. The van der Waals surface area contributed by atoms with E-state index in [1.807, 2.05) is 60.7 Å². The molecule has 0 aliphatic heterocycles. The quantitative estimate of drug-likeness (QED) is 0.601. The number of nitrogens with zero attached hydrogens (tertiary/aromatic N) is 5. The number of hydrogen-bond donors (Lipinski definition) is 1. The van der Waals surface area contributed by atoms with Crippen molar-refractivity contribution in [2.24, 2.45) is 0 Å². The lowest BCUT2D eigenvalue weighted by atomic mass is 10.3. The highest BCUT2D eigenvalue weighted by Gasteiger charge is 2.18. The first kappa shape index (κ1) is 16.0. The van der Waals surface area contributed by atoms with E-state index in [-0.39, 0.29) is 11.1 Å². The zero-order valence-corrected chi connectivity index (χ0v) is 14.3. The summed E-state index contributed by atoms with van der Waals surface area (Å²) < 4.78 is 3.13. The molecule has 0 aliphatic carbocycles. The minimum atomic E-state index is -0.248. The lowest BCUT2D eigenvalue weighted by molar-refractivity contribution is 0.816. The van der Waals surface area contributed by atoms with Crippen molar-refractivity contribution in [3.8, 4) is 11.4 Å². The van der Waals surface area contributed by atoms with E-state index < -0.39 is 0 Å². The van der Waals surface area contributed by atoms with Gasteiger partial charge in [-0.25, -0.2) is 4.57 Å². The van der Waals surface area contributed by atoms with Crippen LogP contribution < -0.4 is 10.9 Å². The molecule has 7 heteroatoms. The van der Waals surface area contributed by atoms with Crippen molar-refractivity contribution in [2.75, 3.05) is 11.9 Å². The fourth-order valence-electron chi connectivity index (χ4n) is 2.78. The third-order valence-corrected chi connectivity index (χ3v) is 4.02. The zero-order valence-electron chi connectivity index (χ0n) is 14.3. The van der Waals surface area contributed by atoms with Crippen LogP contribution in [0.5, 0.6) is 0 Å². The zero-order chi connectivity index (χ0) is 17.9. The van der Waals surface area contributed by atoms with Crippen LogP contribution in [0.4, 0.5) is 5.95 Å². The van der Waals surface area contributed by atoms with Crippen LogP contribution in [0.2, 0.25) is 0 Å². The second-order valence-electron chi connectivity index (χ2n) is 5.85. The molecule has 0 spiro atoms. The van der Waals surface area contributed by atoms with Crippen molar-refractivity contribution in [1.29, 1.82) is 0 Å².